The Labute approximate surface area is 90.4 Å². The summed E-state index contributed by atoms with van der Waals surface area (Å²) in [6, 6.07) is 4.53. The number of rotatable bonds is 0. The van der Waals surface area contributed by atoms with E-state index in [4.69, 9.17) is 11.6 Å². The van der Waals surface area contributed by atoms with Crippen molar-refractivity contribution in [3.05, 3.63) is 28.8 Å². The van der Waals surface area contributed by atoms with E-state index in [9.17, 15) is 13.2 Å². The number of alkyl halides is 3. The van der Waals surface area contributed by atoms with E-state index in [2.05, 4.69) is 0 Å². The number of fused-ring (bicyclic) bond motifs is 1. The largest absolute Gasteiger partial charge is 0.484 e. The van der Waals surface area contributed by atoms with Gasteiger partial charge >= 0.3 is 6.30 Å². The maximum absolute atomic E-state index is 12.6. The van der Waals surface area contributed by atoms with Crippen LogP contribution in [0.1, 0.15) is 12.0 Å². The Kier molecular flexibility index (Phi) is 2.54. The van der Waals surface area contributed by atoms with E-state index in [1.165, 1.54) is 12.1 Å². The lowest BCUT2D eigenvalue weighted by Crippen LogP contribution is -2.41. The molecule has 1 nitrogen and oxygen atoms in total. The van der Waals surface area contributed by atoms with Crippen LogP contribution in [-0.4, -0.2) is 12.8 Å². The van der Waals surface area contributed by atoms with Crippen LogP contribution in [-0.2, 0) is 6.42 Å². The Morgan fingerprint density at radius 3 is 2.67 bits per heavy atom. The third-order valence-electron chi connectivity index (χ3n) is 2.47. The molecule has 0 N–H and O–H groups in total. The molecule has 1 heterocycles. The van der Waals surface area contributed by atoms with Crippen LogP contribution in [0.3, 0.4) is 0 Å². The Hall–Kier alpha value is -0.900. The predicted molar refractivity (Wildman–Crippen MR) is 53.2 cm³/mol. The molecule has 2 rings (SSSR count). The minimum atomic E-state index is -4.30. The summed E-state index contributed by atoms with van der Waals surface area (Å²) >= 11 is 5.74. The smallest absolute Gasteiger partial charge is 0.284 e. The zero-order chi connectivity index (χ0) is 11.1. The maximum Gasteiger partial charge on any atom is 0.484 e. The lowest BCUT2D eigenvalue weighted by molar-refractivity contribution is -0.130. The van der Waals surface area contributed by atoms with Crippen molar-refractivity contribution in [3.63, 3.8) is 0 Å². The molecule has 82 valence electrons. The number of aryl methyl sites for hydroxylation is 1. The Morgan fingerprint density at radius 1 is 1.27 bits per heavy atom. The summed E-state index contributed by atoms with van der Waals surface area (Å²) in [5, 5.41) is 0.484. The van der Waals surface area contributed by atoms with Crippen LogP contribution >= 0.6 is 11.6 Å². The Bertz CT molecular complexity index is 375. The summed E-state index contributed by atoms with van der Waals surface area (Å²) in [6.07, 6.45) is -3.14. The first-order valence-electron chi connectivity index (χ1n) is 4.61. The van der Waals surface area contributed by atoms with Crippen molar-refractivity contribution >= 4 is 17.3 Å². The molecule has 0 spiro atoms. The van der Waals surface area contributed by atoms with Crippen LogP contribution in [0.25, 0.3) is 0 Å². The van der Waals surface area contributed by atoms with E-state index in [1.807, 2.05) is 0 Å². The highest BCUT2D eigenvalue weighted by atomic mass is 35.5. The highest BCUT2D eigenvalue weighted by Gasteiger charge is 2.39. The molecule has 5 heteroatoms. The van der Waals surface area contributed by atoms with E-state index >= 15 is 0 Å². The summed E-state index contributed by atoms with van der Waals surface area (Å²) in [4.78, 5) is 0.474. The summed E-state index contributed by atoms with van der Waals surface area (Å²) in [5.41, 5.74) is 0.907. The van der Waals surface area contributed by atoms with Gasteiger partial charge in [-0.1, -0.05) is 11.6 Å². The third kappa shape index (κ3) is 2.04. The number of anilines is 1. The molecule has 0 amide bonds. The van der Waals surface area contributed by atoms with Crippen molar-refractivity contribution in [1.82, 2.24) is 0 Å². The quantitative estimate of drug-likeness (QED) is 0.621. The minimum Gasteiger partial charge on any atom is -0.284 e. The van der Waals surface area contributed by atoms with Gasteiger partial charge in [0.15, 0.2) is 0 Å². The van der Waals surface area contributed by atoms with E-state index in [1.54, 1.807) is 6.07 Å². The molecule has 0 atom stereocenters. The van der Waals surface area contributed by atoms with Gasteiger partial charge in [0, 0.05) is 17.3 Å². The molecule has 0 unspecified atom stereocenters. The van der Waals surface area contributed by atoms with E-state index in [-0.39, 0.29) is 12.2 Å². The van der Waals surface area contributed by atoms with Crippen LogP contribution in [0.5, 0.6) is 0 Å². The number of nitrogens with zero attached hydrogens (tertiary/aromatic N) is 1. The van der Waals surface area contributed by atoms with Crippen LogP contribution in [0, 0.1) is 0 Å². The average Bonchev–Trinajstić information content (AvgIpc) is 2.15. The summed E-state index contributed by atoms with van der Waals surface area (Å²) in [6.45, 7) is 0.0259. The first kappa shape index (κ1) is 10.6. The fourth-order valence-electron chi connectivity index (χ4n) is 1.83. The summed E-state index contributed by atoms with van der Waals surface area (Å²) in [5.74, 6) is 0. The number of halogens is 4. The average molecular weight is 236 g/mol. The molecule has 1 aromatic carbocycles. The van der Waals surface area contributed by atoms with Gasteiger partial charge in [-0.3, -0.25) is 4.90 Å². The normalized spacial score (nSPS) is 16.4. The molecule has 1 aliphatic heterocycles. The van der Waals surface area contributed by atoms with Crippen LogP contribution < -0.4 is 4.90 Å². The van der Waals surface area contributed by atoms with Gasteiger partial charge in [0.2, 0.25) is 0 Å². The van der Waals surface area contributed by atoms with E-state index in [0.29, 0.717) is 28.3 Å². The van der Waals surface area contributed by atoms with Crippen LogP contribution in [0.2, 0.25) is 5.02 Å². The zero-order valence-corrected chi connectivity index (χ0v) is 8.57. The molecule has 1 aromatic rings. The highest BCUT2D eigenvalue weighted by Crippen LogP contribution is 2.36. The summed E-state index contributed by atoms with van der Waals surface area (Å²) < 4.78 is 37.8. The van der Waals surface area contributed by atoms with Crippen molar-refractivity contribution in [2.24, 2.45) is 0 Å². The molecule has 0 saturated carbocycles. The highest BCUT2D eigenvalue weighted by molar-refractivity contribution is 6.30. The monoisotopic (exact) mass is 235 g/mol. The minimum absolute atomic E-state index is 0.0259. The van der Waals surface area contributed by atoms with Gasteiger partial charge in [0.05, 0.1) is 0 Å². The molecule has 0 radical (unpaired) electrons. The zero-order valence-electron chi connectivity index (χ0n) is 7.81. The van der Waals surface area contributed by atoms with Gasteiger partial charge in [-0.25, -0.2) is 0 Å². The molecule has 0 saturated heterocycles. The number of benzene rings is 1. The first-order chi connectivity index (χ1) is 6.98. The number of hydrogen-bond acceptors (Lipinski definition) is 1. The molecule has 1 aliphatic rings. The second-order valence-corrected chi connectivity index (χ2v) is 3.93. The summed E-state index contributed by atoms with van der Waals surface area (Å²) in [7, 11) is 0. The second kappa shape index (κ2) is 3.59. The van der Waals surface area contributed by atoms with Crippen molar-refractivity contribution in [3.8, 4) is 0 Å². The molecule has 0 aromatic heterocycles. The SMILES string of the molecule is FC(F)(F)N1CCCc2cc(Cl)ccc21. The van der Waals surface area contributed by atoms with Gasteiger partial charge in [-0.15, -0.1) is 0 Å². The van der Waals surface area contributed by atoms with Crippen molar-refractivity contribution < 1.29 is 13.2 Å². The van der Waals surface area contributed by atoms with Crippen molar-refractivity contribution in [2.45, 2.75) is 19.1 Å². The van der Waals surface area contributed by atoms with Gasteiger partial charge in [-0.05, 0) is 36.6 Å². The van der Waals surface area contributed by atoms with Crippen LogP contribution in [0.4, 0.5) is 18.9 Å². The van der Waals surface area contributed by atoms with Crippen molar-refractivity contribution in [2.75, 3.05) is 11.4 Å². The standard InChI is InChI=1S/C10H9ClF3N/c11-8-3-4-9-7(6-8)2-1-5-15(9)10(12,13)14/h3-4,6H,1-2,5H2. The van der Waals surface area contributed by atoms with Crippen molar-refractivity contribution in [1.29, 1.82) is 0 Å². The topological polar surface area (TPSA) is 3.24 Å². The third-order valence-corrected chi connectivity index (χ3v) is 2.70. The molecule has 0 fully saturated rings. The first-order valence-corrected chi connectivity index (χ1v) is 4.99. The number of hydrogen-bond donors (Lipinski definition) is 0. The fraction of sp³-hybridized carbons (Fsp3) is 0.400. The van der Waals surface area contributed by atoms with Crippen LogP contribution in [0.15, 0.2) is 18.2 Å². The maximum atomic E-state index is 12.6. The Balaban J connectivity index is 2.43. The molecule has 0 aliphatic carbocycles. The van der Waals surface area contributed by atoms with Gasteiger partial charge < -0.3 is 0 Å². The molecular formula is C10H9ClF3N. The Morgan fingerprint density at radius 2 is 2.00 bits per heavy atom. The lowest BCUT2D eigenvalue weighted by Gasteiger charge is -2.32. The molecule has 0 bridgehead atoms. The second-order valence-electron chi connectivity index (χ2n) is 3.50. The molecular weight excluding hydrogens is 227 g/mol. The lowest BCUT2D eigenvalue weighted by atomic mass is 10.0. The fourth-order valence-corrected chi connectivity index (χ4v) is 2.02. The van der Waals surface area contributed by atoms with Gasteiger partial charge in [0.25, 0.3) is 0 Å². The molecule has 15 heavy (non-hydrogen) atoms. The van der Waals surface area contributed by atoms with Gasteiger partial charge in [-0.2, -0.15) is 13.2 Å². The predicted octanol–water partition coefficient (Wildman–Crippen LogP) is 3.61. The van der Waals surface area contributed by atoms with E-state index in [0.717, 1.165) is 0 Å². The van der Waals surface area contributed by atoms with E-state index < -0.39 is 6.30 Å². The van der Waals surface area contributed by atoms with Gasteiger partial charge in [0.1, 0.15) is 0 Å².